The Labute approximate surface area is 98.9 Å². The summed E-state index contributed by atoms with van der Waals surface area (Å²) in [5.74, 6) is 0.969. The van der Waals surface area contributed by atoms with Crippen LogP contribution in [0.25, 0.3) is 0 Å². The molecular formula is C9H7BrN2S2. The van der Waals surface area contributed by atoms with Crippen molar-refractivity contribution in [3.8, 4) is 0 Å². The van der Waals surface area contributed by atoms with E-state index in [-0.39, 0.29) is 0 Å². The molecule has 0 bridgehead atoms. The van der Waals surface area contributed by atoms with E-state index < -0.39 is 0 Å². The molecule has 2 nitrogen and oxygen atoms in total. The molecule has 2 aromatic rings. The van der Waals surface area contributed by atoms with E-state index in [1.807, 2.05) is 30.7 Å². The third kappa shape index (κ3) is 2.80. The number of halogens is 1. The summed E-state index contributed by atoms with van der Waals surface area (Å²) < 4.78 is 2.17. The van der Waals surface area contributed by atoms with Crippen molar-refractivity contribution in [1.29, 1.82) is 0 Å². The lowest BCUT2D eigenvalue weighted by Gasteiger charge is -1.96. The summed E-state index contributed by atoms with van der Waals surface area (Å²) in [6.45, 7) is 0. The highest BCUT2D eigenvalue weighted by Crippen LogP contribution is 2.30. The Hall–Kier alpha value is -0.390. The molecule has 2 rings (SSSR count). The molecule has 0 aromatic carbocycles. The first-order valence-electron chi connectivity index (χ1n) is 3.97. The van der Waals surface area contributed by atoms with Gasteiger partial charge in [-0.15, -0.1) is 23.1 Å². The van der Waals surface area contributed by atoms with Crippen molar-refractivity contribution in [2.75, 3.05) is 0 Å². The van der Waals surface area contributed by atoms with Crippen LogP contribution < -0.4 is 0 Å². The zero-order valence-corrected chi connectivity index (χ0v) is 10.4. The minimum Gasteiger partial charge on any atom is -0.265 e. The molecule has 0 aliphatic carbocycles. The summed E-state index contributed by atoms with van der Waals surface area (Å²) in [6, 6.07) is 4.06. The molecule has 0 N–H and O–H groups in total. The highest BCUT2D eigenvalue weighted by Gasteiger charge is 2.00. The minimum absolute atomic E-state index is 0.940. The Bertz CT molecular complexity index is 402. The predicted molar refractivity (Wildman–Crippen MR) is 63.6 cm³/mol. The first-order valence-corrected chi connectivity index (χ1v) is 6.57. The Morgan fingerprint density at radius 2 is 2.14 bits per heavy atom. The van der Waals surface area contributed by atoms with Gasteiger partial charge in [-0.3, -0.25) is 4.98 Å². The number of hydrogen-bond acceptors (Lipinski definition) is 4. The van der Waals surface area contributed by atoms with Crippen LogP contribution in [0.1, 0.15) is 5.56 Å². The summed E-state index contributed by atoms with van der Waals surface area (Å²) in [5, 5.41) is 0. The molecule has 0 atom stereocenters. The van der Waals surface area contributed by atoms with Crippen LogP contribution in [0, 0.1) is 0 Å². The predicted octanol–water partition coefficient (Wildman–Crippen LogP) is 3.59. The topological polar surface area (TPSA) is 25.8 Å². The summed E-state index contributed by atoms with van der Waals surface area (Å²) in [5.41, 5.74) is 1.29. The monoisotopic (exact) mass is 286 g/mol. The van der Waals surface area contributed by atoms with Crippen molar-refractivity contribution in [1.82, 2.24) is 9.97 Å². The quantitative estimate of drug-likeness (QED) is 0.807. The average Bonchev–Trinajstić information content (AvgIpc) is 2.63. The average molecular weight is 287 g/mol. The summed E-state index contributed by atoms with van der Waals surface area (Å²) in [7, 11) is 0. The van der Waals surface area contributed by atoms with E-state index in [4.69, 9.17) is 0 Å². The van der Waals surface area contributed by atoms with Crippen LogP contribution in [-0.4, -0.2) is 9.97 Å². The van der Waals surface area contributed by atoms with Gasteiger partial charge in [0.25, 0.3) is 0 Å². The summed E-state index contributed by atoms with van der Waals surface area (Å²) in [4.78, 5) is 8.11. The highest BCUT2D eigenvalue weighted by atomic mass is 79.9. The fraction of sp³-hybridized carbons (Fsp3) is 0.111. The molecule has 0 radical (unpaired) electrons. The van der Waals surface area contributed by atoms with Crippen molar-refractivity contribution in [3.05, 3.63) is 40.2 Å². The maximum atomic E-state index is 4.13. The first-order chi connectivity index (χ1) is 6.84. The maximum Gasteiger partial charge on any atom is 0.160 e. The molecule has 0 aliphatic heterocycles. The van der Waals surface area contributed by atoms with Crippen molar-refractivity contribution in [2.45, 2.75) is 9.96 Å². The van der Waals surface area contributed by atoms with Gasteiger partial charge in [0, 0.05) is 18.1 Å². The van der Waals surface area contributed by atoms with Crippen molar-refractivity contribution in [2.24, 2.45) is 0 Å². The summed E-state index contributed by atoms with van der Waals surface area (Å²) >= 11 is 6.79. The number of pyridine rings is 1. The second-order valence-corrected chi connectivity index (χ2v) is 6.16. The van der Waals surface area contributed by atoms with E-state index in [9.17, 15) is 0 Å². The Kier molecular flexibility index (Phi) is 3.55. The van der Waals surface area contributed by atoms with Crippen LogP contribution in [0.2, 0.25) is 0 Å². The van der Waals surface area contributed by atoms with Crippen LogP contribution in [-0.2, 0) is 5.75 Å². The third-order valence-electron chi connectivity index (χ3n) is 1.59. The zero-order chi connectivity index (χ0) is 9.80. The van der Waals surface area contributed by atoms with Gasteiger partial charge >= 0.3 is 0 Å². The van der Waals surface area contributed by atoms with Crippen molar-refractivity contribution >= 4 is 39.0 Å². The van der Waals surface area contributed by atoms with Gasteiger partial charge in [0.1, 0.15) is 0 Å². The van der Waals surface area contributed by atoms with Crippen molar-refractivity contribution in [3.63, 3.8) is 0 Å². The fourth-order valence-corrected chi connectivity index (χ4v) is 3.54. The van der Waals surface area contributed by atoms with E-state index in [1.165, 1.54) is 9.77 Å². The largest absolute Gasteiger partial charge is 0.265 e. The standard InChI is InChI=1S/C9H7BrN2S2/c10-9-12-5-8(14-9)13-6-7-1-3-11-4-2-7/h1-5H,6H2. The maximum absolute atomic E-state index is 4.13. The lowest BCUT2D eigenvalue weighted by Crippen LogP contribution is -1.78. The lowest BCUT2D eigenvalue weighted by atomic mass is 10.3. The van der Waals surface area contributed by atoms with Gasteiger partial charge in [-0.05, 0) is 33.6 Å². The Balaban J connectivity index is 1.95. The van der Waals surface area contributed by atoms with E-state index in [2.05, 4.69) is 25.9 Å². The Morgan fingerprint density at radius 1 is 1.36 bits per heavy atom. The van der Waals surface area contributed by atoms with Gasteiger partial charge in [-0.2, -0.15) is 0 Å². The van der Waals surface area contributed by atoms with E-state index in [0.29, 0.717) is 0 Å². The molecule has 0 saturated carbocycles. The van der Waals surface area contributed by atoms with Crippen molar-refractivity contribution < 1.29 is 0 Å². The van der Waals surface area contributed by atoms with Gasteiger partial charge < -0.3 is 0 Å². The molecule has 5 heteroatoms. The number of nitrogens with zero attached hydrogens (tertiary/aromatic N) is 2. The van der Waals surface area contributed by atoms with Crippen LogP contribution in [0.5, 0.6) is 0 Å². The van der Waals surface area contributed by atoms with E-state index >= 15 is 0 Å². The van der Waals surface area contributed by atoms with Gasteiger partial charge in [-0.25, -0.2) is 4.98 Å². The number of hydrogen-bond donors (Lipinski definition) is 0. The molecule has 0 amide bonds. The second-order valence-electron chi connectivity index (χ2n) is 2.58. The van der Waals surface area contributed by atoms with E-state index in [0.717, 1.165) is 9.67 Å². The highest BCUT2D eigenvalue weighted by molar-refractivity contribution is 9.11. The molecule has 72 valence electrons. The fourth-order valence-electron chi connectivity index (χ4n) is 0.939. The van der Waals surface area contributed by atoms with Crippen LogP contribution in [0.15, 0.2) is 38.8 Å². The second kappa shape index (κ2) is 4.91. The molecule has 2 aromatic heterocycles. The number of thiazole rings is 1. The summed E-state index contributed by atoms with van der Waals surface area (Å²) in [6.07, 6.45) is 5.53. The molecule has 14 heavy (non-hydrogen) atoms. The minimum atomic E-state index is 0.940. The van der Waals surface area contributed by atoms with Gasteiger partial charge in [-0.1, -0.05) is 0 Å². The molecule has 0 spiro atoms. The van der Waals surface area contributed by atoms with Crippen LogP contribution in [0.4, 0.5) is 0 Å². The first kappa shape index (κ1) is 10.1. The number of aromatic nitrogens is 2. The SMILES string of the molecule is Brc1ncc(SCc2ccncc2)s1. The molecule has 0 unspecified atom stereocenters. The molecule has 0 saturated heterocycles. The number of thioether (sulfide) groups is 1. The van der Waals surface area contributed by atoms with Gasteiger partial charge in [0.2, 0.25) is 0 Å². The zero-order valence-electron chi connectivity index (χ0n) is 7.18. The number of rotatable bonds is 3. The van der Waals surface area contributed by atoms with Gasteiger partial charge in [0.15, 0.2) is 3.92 Å². The van der Waals surface area contributed by atoms with Crippen LogP contribution >= 0.6 is 39.0 Å². The lowest BCUT2D eigenvalue weighted by molar-refractivity contribution is 1.27. The third-order valence-corrected chi connectivity index (χ3v) is 4.33. The smallest absolute Gasteiger partial charge is 0.160 e. The molecule has 0 fully saturated rings. The van der Waals surface area contributed by atoms with Crippen LogP contribution in [0.3, 0.4) is 0 Å². The molecule has 2 heterocycles. The van der Waals surface area contributed by atoms with E-state index in [1.54, 1.807) is 23.1 Å². The normalized spacial score (nSPS) is 10.4. The van der Waals surface area contributed by atoms with Gasteiger partial charge in [0.05, 0.1) is 10.4 Å². The molecular weight excluding hydrogens is 280 g/mol. The Morgan fingerprint density at radius 3 is 2.79 bits per heavy atom. The molecule has 0 aliphatic rings.